The van der Waals surface area contributed by atoms with E-state index in [0.717, 1.165) is 22.8 Å². The van der Waals surface area contributed by atoms with E-state index in [1.807, 2.05) is 40.6 Å². The molecule has 3 aromatic rings. The molecular formula is C32H40N4O5S. The zero-order chi connectivity index (χ0) is 30.2. The maximum atomic E-state index is 14.0. The minimum atomic E-state index is -0.809. The van der Waals surface area contributed by atoms with Crippen molar-refractivity contribution in [1.82, 2.24) is 15.5 Å². The van der Waals surface area contributed by atoms with Gasteiger partial charge in [-0.05, 0) is 53.1 Å². The van der Waals surface area contributed by atoms with E-state index in [2.05, 4.69) is 48.7 Å². The molecule has 42 heavy (non-hydrogen) atoms. The summed E-state index contributed by atoms with van der Waals surface area (Å²) in [6, 6.07) is 16.3. The SMILES string of the molecule is CC[C@H](C)[C@@H](CN(CC(=O)N(c1cccs1)[C@@H](C)C(=O)OC)Cc1cccc2ccccc12)NC(=O)[C@@H]1CCC(=O)N1. The highest BCUT2D eigenvalue weighted by Gasteiger charge is 2.33. The van der Waals surface area contributed by atoms with Crippen molar-refractivity contribution in [2.75, 3.05) is 25.1 Å². The molecule has 1 aromatic heterocycles. The van der Waals surface area contributed by atoms with Gasteiger partial charge >= 0.3 is 5.97 Å². The van der Waals surface area contributed by atoms with Gasteiger partial charge in [0.15, 0.2) is 0 Å². The molecule has 224 valence electrons. The maximum Gasteiger partial charge on any atom is 0.328 e. The molecule has 0 spiro atoms. The van der Waals surface area contributed by atoms with Crippen molar-refractivity contribution in [3.05, 3.63) is 65.5 Å². The van der Waals surface area contributed by atoms with Crippen LogP contribution in [0, 0.1) is 5.92 Å². The first-order valence-electron chi connectivity index (χ1n) is 14.4. The fourth-order valence-electron chi connectivity index (χ4n) is 5.36. The van der Waals surface area contributed by atoms with Crippen LogP contribution in [0.4, 0.5) is 5.00 Å². The number of fused-ring (bicyclic) bond motifs is 1. The van der Waals surface area contributed by atoms with Gasteiger partial charge in [0.05, 0.1) is 18.7 Å². The smallest absolute Gasteiger partial charge is 0.328 e. The number of rotatable bonds is 13. The van der Waals surface area contributed by atoms with E-state index in [1.165, 1.54) is 23.3 Å². The van der Waals surface area contributed by atoms with Crippen LogP contribution >= 0.6 is 11.3 Å². The Balaban J connectivity index is 1.64. The maximum absolute atomic E-state index is 14.0. The Morgan fingerprint density at radius 2 is 1.86 bits per heavy atom. The van der Waals surface area contributed by atoms with Gasteiger partial charge < -0.3 is 15.4 Å². The Morgan fingerprint density at radius 1 is 1.10 bits per heavy atom. The van der Waals surface area contributed by atoms with Crippen molar-refractivity contribution >= 4 is 50.8 Å². The predicted molar refractivity (Wildman–Crippen MR) is 165 cm³/mol. The number of hydrogen-bond donors (Lipinski definition) is 2. The van der Waals surface area contributed by atoms with Gasteiger partial charge in [-0.1, -0.05) is 62.7 Å². The Hall–Kier alpha value is -3.76. The van der Waals surface area contributed by atoms with Gasteiger partial charge in [0.1, 0.15) is 12.1 Å². The molecule has 0 radical (unpaired) electrons. The Labute approximate surface area is 251 Å². The highest BCUT2D eigenvalue weighted by Crippen LogP contribution is 2.26. The number of nitrogens with one attached hydrogen (secondary N) is 2. The van der Waals surface area contributed by atoms with E-state index in [9.17, 15) is 19.2 Å². The second-order valence-corrected chi connectivity index (χ2v) is 11.8. The second kappa shape index (κ2) is 14.4. The lowest BCUT2D eigenvalue weighted by Gasteiger charge is -2.34. The van der Waals surface area contributed by atoms with Crippen molar-refractivity contribution in [2.45, 2.75) is 64.7 Å². The predicted octanol–water partition coefficient (Wildman–Crippen LogP) is 4.11. The van der Waals surface area contributed by atoms with Crippen molar-refractivity contribution < 1.29 is 23.9 Å². The molecule has 9 nitrogen and oxygen atoms in total. The number of nitrogens with zero attached hydrogens (tertiary/aromatic N) is 2. The molecule has 4 rings (SSSR count). The van der Waals surface area contributed by atoms with Gasteiger partial charge in [-0.2, -0.15) is 0 Å². The van der Waals surface area contributed by atoms with Gasteiger partial charge in [-0.25, -0.2) is 4.79 Å². The van der Waals surface area contributed by atoms with Crippen molar-refractivity contribution in [3.8, 4) is 0 Å². The molecule has 0 saturated carbocycles. The molecule has 0 bridgehead atoms. The van der Waals surface area contributed by atoms with Crippen molar-refractivity contribution in [2.24, 2.45) is 5.92 Å². The van der Waals surface area contributed by atoms with Crippen LogP contribution in [0.1, 0.15) is 45.6 Å². The normalized spacial score (nSPS) is 17.0. The summed E-state index contributed by atoms with van der Waals surface area (Å²) in [6.07, 6.45) is 1.63. The van der Waals surface area contributed by atoms with Gasteiger partial charge in [0.2, 0.25) is 17.7 Å². The number of amides is 3. The molecule has 2 heterocycles. The van der Waals surface area contributed by atoms with Gasteiger partial charge in [0, 0.05) is 25.6 Å². The van der Waals surface area contributed by atoms with Gasteiger partial charge in [0.25, 0.3) is 0 Å². The molecule has 0 aliphatic carbocycles. The molecule has 1 aliphatic heterocycles. The number of benzene rings is 2. The summed E-state index contributed by atoms with van der Waals surface area (Å²) < 4.78 is 4.98. The van der Waals surface area contributed by atoms with Crippen LogP contribution in [0.3, 0.4) is 0 Å². The lowest BCUT2D eigenvalue weighted by Crippen LogP contribution is -2.54. The van der Waals surface area contributed by atoms with E-state index in [4.69, 9.17) is 4.74 Å². The molecule has 2 N–H and O–H groups in total. The molecular weight excluding hydrogens is 552 g/mol. The number of hydrogen-bond acceptors (Lipinski definition) is 7. The minimum absolute atomic E-state index is 0.0193. The largest absolute Gasteiger partial charge is 0.467 e. The fraction of sp³-hybridized carbons (Fsp3) is 0.438. The number of carbonyl (C=O) groups excluding carboxylic acids is 4. The summed E-state index contributed by atoms with van der Waals surface area (Å²) >= 11 is 1.38. The number of esters is 1. The molecule has 1 saturated heterocycles. The standard InChI is InChI=1S/C32H40N4O5S/c1-5-21(2)27(34-31(39)26-15-16-28(37)33-26)19-35(18-24-12-8-11-23-10-6-7-13-25(23)24)20-29(38)36(22(3)32(40)41-4)30-14-9-17-42-30/h6-14,17,21-22,26-27H,5,15-16,18-20H2,1-4H3,(H,33,37)(H,34,39)/t21-,22-,26-,27+/m0/s1. The molecule has 1 aliphatic rings. The second-order valence-electron chi connectivity index (χ2n) is 10.9. The lowest BCUT2D eigenvalue weighted by molar-refractivity contribution is -0.143. The summed E-state index contributed by atoms with van der Waals surface area (Å²) in [4.78, 5) is 55.0. The molecule has 1 fully saturated rings. The third kappa shape index (κ3) is 7.54. The van der Waals surface area contributed by atoms with Crippen LogP contribution in [-0.4, -0.2) is 66.9 Å². The van der Waals surface area contributed by atoms with Gasteiger partial charge in [-0.3, -0.25) is 24.2 Å². The van der Waals surface area contributed by atoms with Crippen LogP contribution < -0.4 is 15.5 Å². The van der Waals surface area contributed by atoms with Crippen LogP contribution in [0.5, 0.6) is 0 Å². The highest BCUT2D eigenvalue weighted by molar-refractivity contribution is 7.14. The Bertz CT molecular complexity index is 1390. The first kappa shape index (κ1) is 31.2. The Morgan fingerprint density at radius 3 is 2.52 bits per heavy atom. The number of methoxy groups -OCH3 is 1. The fourth-order valence-corrected chi connectivity index (χ4v) is 6.19. The molecule has 4 atom stereocenters. The average Bonchev–Trinajstić information content (AvgIpc) is 3.68. The van der Waals surface area contributed by atoms with Crippen LogP contribution in [0.15, 0.2) is 60.0 Å². The number of anilines is 1. The molecule has 10 heteroatoms. The minimum Gasteiger partial charge on any atom is -0.467 e. The summed E-state index contributed by atoms with van der Waals surface area (Å²) in [5.41, 5.74) is 1.06. The molecule has 0 unspecified atom stereocenters. The third-order valence-electron chi connectivity index (χ3n) is 8.00. The van der Waals surface area contributed by atoms with E-state index in [0.29, 0.717) is 30.9 Å². The first-order valence-corrected chi connectivity index (χ1v) is 15.3. The van der Waals surface area contributed by atoms with E-state index < -0.39 is 18.1 Å². The summed E-state index contributed by atoms with van der Waals surface area (Å²) in [6.45, 7) is 6.69. The van der Waals surface area contributed by atoms with Crippen molar-refractivity contribution in [1.29, 1.82) is 0 Å². The quantitative estimate of drug-likeness (QED) is 0.289. The first-order chi connectivity index (χ1) is 20.2. The Kier molecular flexibility index (Phi) is 10.7. The topological polar surface area (TPSA) is 108 Å². The molecule has 3 amide bonds. The van der Waals surface area contributed by atoms with Gasteiger partial charge in [-0.15, -0.1) is 11.3 Å². The van der Waals surface area contributed by atoms with Crippen LogP contribution in [0.25, 0.3) is 10.8 Å². The van der Waals surface area contributed by atoms with E-state index in [1.54, 1.807) is 6.92 Å². The van der Waals surface area contributed by atoms with E-state index >= 15 is 0 Å². The third-order valence-corrected chi connectivity index (χ3v) is 8.87. The lowest BCUT2D eigenvalue weighted by atomic mass is 9.97. The zero-order valence-corrected chi connectivity index (χ0v) is 25.5. The average molecular weight is 593 g/mol. The number of thiophene rings is 1. The van der Waals surface area contributed by atoms with Crippen molar-refractivity contribution in [3.63, 3.8) is 0 Å². The summed E-state index contributed by atoms with van der Waals surface area (Å²) in [5.74, 6) is -0.957. The number of carbonyl (C=O) groups is 4. The van der Waals surface area contributed by atoms with E-state index in [-0.39, 0.29) is 36.2 Å². The highest BCUT2D eigenvalue weighted by atomic mass is 32.1. The number of ether oxygens (including phenoxy) is 1. The van der Waals surface area contributed by atoms with Crippen LogP contribution in [0.2, 0.25) is 0 Å². The summed E-state index contributed by atoms with van der Waals surface area (Å²) in [5, 5.41) is 10.6. The summed E-state index contributed by atoms with van der Waals surface area (Å²) in [7, 11) is 1.31. The van der Waals surface area contributed by atoms with Crippen LogP contribution in [-0.2, 0) is 30.5 Å². The zero-order valence-electron chi connectivity index (χ0n) is 24.7. The monoisotopic (exact) mass is 592 g/mol. The molecule has 2 aromatic carbocycles.